The zero-order chi connectivity index (χ0) is 21.1. The van der Waals surface area contributed by atoms with Crippen LogP contribution in [0.5, 0.6) is 5.75 Å². The topological polar surface area (TPSA) is 80.6 Å². The van der Waals surface area contributed by atoms with Gasteiger partial charge in [-0.2, -0.15) is 0 Å². The van der Waals surface area contributed by atoms with E-state index >= 15 is 0 Å². The van der Waals surface area contributed by atoms with Crippen LogP contribution in [0.4, 0.5) is 0 Å². The summed E-state index contributed by atoms with van der Waals surface area (Å²) in [5.74, 6) is 0.591. The van der Waals surface area contributed by atoms with Crippen LogP contribution in [0.15, 0.2) is 47.5 Å². The van der Waals surface area contributed by atoms with Crippen molar-refractivity contribution in [3.63, 3.8) is 0 Å². The summed E-state index contributed by atoms with van der Waals surface area (Å²) in [5.41, 5.74) is 2.70. The van der Waals surface area contributed by atoms with E-state index in [2.05, 4.69) is 5.32 Å². The molecule has 0 radical (unpaired) electrons. The summed E-state index contributed by atoms with van der Waals surface area (Å²) < 4.78 is 33.9. The Labute approximate surface area is 176 Å². The zero-order valence-electron chi connectivity index (χ0n) is 17.2. The molecule has 2 unspecified atom stereocenters. The first-order valence-electron chi connectivity index (χ1n) is 10.3. The minimum absolute atomic E-state index is 0.249. The van der Waals surface area contributed by atoms with E-state index in [1.807, 2.05) is 6.92 Å². The summed E-state index contributed by atoms with van der Waals surface area (Å²) in [6.45, 7) is 2.77. The van der Waals surface area contributed by atoms with Gasteiger partial charge in [-0.3, -0.25) is 0 Å². The number of aromatic nitrogens is 1. The van der Waals surface area contributed by atoms with Gasteiger partial charge >= 0.3 is 0 Å². The lowest BCUT2D eigenvalue weighted by atomic mass is 9.71. The number of aliphatic hydroxyl groups is 1. The van der Waals surface area contributed by atoms with Crippen molar-refractivity contribution in [2.45, 2.75) is 49.1 Å². The molecule has 2 atom stereocenters. The predicted molar refractivity (Wildman–Crippen MR) is 116 cm³/mol. The second-order valence-electron chi connectivity index (χ2n) is 8.46. The number of hydrogen-bond donors (Lipinski definition) is 2. The van der Waals surface area contributed by atoms with Gasteiger partial charge in [0.2, 0.25) is 0 Å². The van der Waals surface area contributed by atoms with E-state index in [0.29, 0.717) is 23.3 Å². The van der Waals surface area contributed by atoms with Crippen LogP contribution in [-0.4, -0.2) is 36.7 Å². The van der Waals surface area contributed by atoms with Crippen LogP contribution in [0.25, 0.3) is 10.9 Å². The molecule has 1 fully saturated rings. The summed E-state index contributed by atoms with van der Waals surface area (Å²) in [5, 5.41) is 15.7. The summed E-state index contributed by atoms with van der Waals surface area (Å²) in [6, 6.07) is 10.4. The summed E-state index contributed by atoms with van der Waals surface area (Å²) in [4.78, 5) is 0.249. The molecule has 0 saturated carbocycles. The fraction of sp³-hybridized carbons (Fsp3) is 0.391. The number of nitrogens with zero attached hydrogens (tertiary/aromatic N) is 1. The normalized spacial score (nSPS) is 23.8. The van der Waals surface area contributed by atoms with Gasteiger partial charge in [-0.25, -0.2) is 12.4 Å². The largest absolute Gasteiger partial charge is 0.496 e. The Hall–Kier alpha value is -2.35. The van der Waals surface area contributed by atoms with E-state index in [-0.39, 0.29) is 4.90 Å². The fourth-order valence-corrected chi connectivity index (χ4v) is 6.46. The molecule has 3 aromatic rings. The average molecular weight is 427 g/mol. The molecule has 0 amide bonds. The molecule has 1 aliphatic heterocycles. The molecule has 2 heterocycles. The SMILES string of the molecule is COc1ccc2c3c(cn2S(=O)(=O)c2ccc(C)cc2)CC2(CCCCN2)C(O)c13. The number of piperidine rings is 1. The molecule has 6 nitrogen and oxygen atoms in total. The van der Waals surface area contributed by atoms with Crippen molar-refractivity contribution in [2.24, 2.45) is 0 Å². The van der Waals surface area contributed by atoms with Gasteiger partial charge in [0.15, 0.2) is 0 Å². The second-order valence-corrected chi connectivity index (χ2v) is 10.3. The Morgan fingerprint density at radius 1 is 1.17 bits per heavy atom. The van der Waals surface area contributed by atoms with Crippen LogP contribution >= 0.6 is 0 Å². The molecule has 1 aromatic heterocycles. The first-order chi connectivity index (χ1) is 14.4. The zero-order valence-corrected chi connectivity index (χ0v) is 18.0. The van der Waals surface area contributed by atoms with Crippen molar-refractivity contribution < 1.29 is 18.3 Å². The van der Waals surface area contributed by atoms with Gasteiger partial charge < -0.3 is 15.2 Å². The van der Waals surface area contributed by atoms with Gasteiger partial charge in [0.1, 0.15) is 11.9 Å². The second kappa shape index (κ2) is 6.83. The molecular formula is C23H26N2O4S. The molecule has 2 aliphatic rings. The number of ether oxygens (including phenoxy) is 1. The minimum atomic E-state index is -3.77. The highest BCUT2D eigenvalue weighted by molar-refractivity contribution is 7.90. The molecule has 2 N–H and O–H groups in total. The number of rotatable bonds is 3. The van der Waals surface area contributed by atoms with Crippen molar-refractivity contribution in [1.29, 1.82) is 0 Å². The molecule has 158 valence electrons. The van der Waals surface area contributed by atoms with Gasteiger partial charge in [0, 0.05) is 17.1 Å². The Bertz CT molecular complexity index is 1220. The van der Waals surface area contributed by atoms with E-state index in [1.54, 1.807) is 49.7 Å². The van der Waals surface area contributed by atoms with Crippen molar-refractivity contribution in [3.8, 4) is 5.75 Å². The maximum Gasteiger partial charge on any atom is 0.268 e. The lowest BCUT2D eigenvalue weighted by Gasteiger charge is -2.45. The molecule has 5 rings (SSSR count). The first kappa shape index (κ1) is 19.6. The third-order valence-corrected chi connectivity index (χ3v) is 8.33. The Kier molecular flexibility index (Phi) is 4.47. The Morgan fingerprint density at radius 3 is 2.60 bits per heavy atom. The average Bonchev–Trinajstić information content (AvgIpc) is 3.12. The quantitative estimate of drug-likeness (QED) is 0.672. The lowest BCUT2D eigenvalue weighted by molar-refractivity contribution is 0.0357. The summed E-state index contributed by atoms with van der Waals surface area (Å²) in [7, 11) is -2.18. The number of aryl methyl sites for hydroxylation is 1. The Balaban J connectivity index is 1.75. The monoisotopic (exact) mass is 426 g/mol. The van der Waals surface area contributed by atoms with Gasteiger partial charge in [-0.15, -0.1) is 0 Å². The minimum Gasteiger partial charge on any atom is -0.496 e. The van der Waals surface area contributed by atoms with Crippen LogP contribution in [0.3, 0.4) is 0 Å². The lowest BCUT2D eigenvalue weighted by Crippen LogP contribution is -2.55. The van der Waals surface area contributed by atoms with Gasteiger partial charge in [0.25, 0.3) is 10.0 Å². The highest BCUT2D eigenvalue weighted by atomic mass is 32.2. The molecule has 30 heavy (non-hydrogen) atoms. The van der Waals surface area contributed by atoms with Crippen LogP contribution in [0, 0.1) is 6.92 Å². The van der Waals surface area contributed by atoms with E-state index in [9.17, 15) is 13.5 Å². The van der Waals surface area contributed by atoms with E-state index in [0.717, 1.165) is 42.3 Å². The van der Waals surface area contributed by atoms with E-state index in [4.69, 9.17) is 4.74 Å². The molecule has 1 spiro atoms. The van der Waals surface area contributed by atoms with E-state index in [1.165, 1.54) is 3.97 Å². The van der Waals surface area contributed by atoms with Crippen LogP contribution in [-0.2, 0) is 16.4 Å². The van der Waals surface area contributed by atoms with Crippen molar-refractivity contribution >= 4 is 20.9 Å². The maximum absolute atomic E-state index is 13.5. The van der Waals surface area contributed by atoms with Crippen LogP contribution < -0.4 is 10.1 Å². The molecule has 7 heteroatoms. The molecule has 1 aliphatic carbocycles. The number of nitrogens with one attached hydrogen (secondary N) is 1. The number of benzene rings is 2. The first-order valence-corrected chi connectivity index (χ1v) is 11.8. The molecule has 0 bridgehead atoms. The standard InChI is InChI=1S/C23H26N2O4S/c1-15-5-7-17(8-6-15)30(27,28)25-14-16-13-23(11-3-4-12-24-23)22(26)21-19(29-2)10-9-18(25)20(16)21/h5-10,14,22,24,26H,3-4,11-13H2,1-2H3. The smallest absolute Gasteiger partial charge is 0.268 e. The Morgan fingerprint density at radius 2 is 1.93 bits per heavy atom. The van der Waals surface area contributed by atoms with Gasteiger partial charge in [-0.1, -0.05) is 24.1 Å². The van der Waals surface area contributed by atoms with Crippen molar-refractivity contribution in [3.05, 3.63) is 59.3 Å². The van der Waals surface area contributed by atoms with Crippen molar-refractivity contribution in [2.75, 3.05) is 13.7 Å². The van der Waals surface area contributed by atoms with Crippen molar-refractivity contribution in [1.82, 2.24) is 9.29 Å². The van der Waals surface area contributed by atoms with Crippen LogP contribution in [0.2, 0.25) is 0 Å². The predicted octanol–water partition coefficient (Wildman–Crippen LogP) is 3.30. The van der Waals surface area contributed by atoms with Gasteiger partial charge in [0.05, 0.1) is 23.1 Å². The van der Waals surface area contributed by atoms with Gasteiger partial charge in [-0.05, 0) is 62.6 Å². The molecule has 1 saturated heterocycles. The highest BCUT2D eigenvalue weighted by Crippen LogP contribution is 2.49. The fourth-order valence-electron chi connectivity index (χ4n) is 5.08. The summed E-state index contributed by atoms with van der Waals surface area (Å²) in [6.07, 6.45) is 4.49. The summed E-state index contributed by atoms with van der Waals surface area (Å²) >= 11 is 0. The number of hydrogen-bond acceptors (Lipinski definition) is 5. The number of methoxy groups -OCH3 is 1. The third kappa shape index (κ3) is 2.72. The number of aliphatic hydroxyl groups excluding tert-OH is 1. The highest BCUT2D eigenvalue weighted by Gasteiger charge is 2.46. The van der Waals surface area contributed by atoms with E-state index < -0.39 is 21.7 Å². The molecule has 2 aromatic carbocycles. The third-order valence-electron chi connectivity index (χ3n) is 6.64. The maximum atomic E-state index is 13.5. The molecular weight excluding hydrogens is 400 g/mol. The van der Waals surface area contributed by atoms with Crippen LogP contribution in [0.1, 0.15) is 42.1 Å².